The molecule has 0 spiro atoms. The van der Waals surface area contributed by atoms with Crippen molar-refractivity contribution in [2.24, 2.45) is 0 Å². The third-order valence-electron chi connectivity index (χ3n) is 3.83. The highest BCUT2D eigenvalue weighted by Crippen LogP contribution is 2.30. The Morgan fingerprint density at radius 1 is 1.42 bits per heavy atom. The fraction of sp³-hybridized carbons (Fsp3) is 0.533. The number of carbonyl (C=O) groups excluding carboxylic acids is 1. The first kappa shape index (κ1) is 14.5. The zero-order valence-electron chi connectivity index (χ0n) is 11.4. The number of rotatable bonds is 3. The van der Waals surface area contributed by atoms with Crippen molar-refractivity contribution in [3.63, 3.8) is 0 Å². The molecule has 104 valence electrons. The van der Waals surface area contributed by atoms with E-state index in [1.165, 1.54) is 0 Å². The second kappa shape index (κ2) is 5.63. The van der Waals surface area contributed by atoms with E-state index in [0.717, 1.165) is 35.7 Å². The SMILES string of the molecule is Cc1cccc(C(=O)N(C)CC2(O)CCCC2)c1Br. The summed E-state index contributed by atoms with van der Waals surface area (Å²) >= 11 is 3.47. The molecular formula is C15H20BrNO2. The van der Waals surface area contributed by atoms with Gasteiger partial charge in [0.2, 0.25) is 0 Å². The van der Waals surface area contributed by atoms with Gasteiger partial charge >= 0.3 is 0 Å². The molecule has 1 N–H and O–H groups in total. The van der Waals surface area contributed by atoms with Crippen LogP contribution in [0.25, 0.3) is 0 Å². The van der Waals surface area contributed by atoms with E-state index in [0.29, 0.717) is 12.1 Å². The molecule has 1 aliphatic carbocycles. The molecule has 0 saturated heterocycles. The smallest absolute Gasteiger partial charge is 0.254 e. The Morgan fingerprint density at radius 2 is 2.05 bits per heavy atom. The molecule has 0 aliphatic heterocycles. The first-order chi connectivity index (χ1) is 8.93. The van der Waals surface area contributed by atoms with Crippen molar-refractivity contribution in [3.8, 4) is 0 Å². The Bertz CT molecular complexity index is 481. The molecule has 0 unspecified atom stereocenters. The summed E-state index contributed by atoms with van der Waals surface area (Å²) in [7, 11) is 1.76. The molecule has 1 aromatic carbocycles. The highest BCUT2D eigenvalue weighted by Gasteiger charge is 2.33. The van der Waals surface area contributed by atoms with Crippen LogP contribution in [-0.4, -0.2) is 35.1 Å². The molecule has 2 rings (SSSR count). The first-order valence-electron chi connectivity index (χ1n) is 6.66. The summed E-state index contributed by atoms with van der Waals surface area (Å²) in [5, 5.41) is 10.4. The van der Waals surface area contributed by atoms with E-state index in [2.05, 4.69) is 15.9 Å². The molecule has 1 saturated carbocycles. The number of hydrogen-bond acceptors (Lipinski definition) is 2. The van der Waals surface area contributed by atoms with Crippen LogP contribution in [0.3, 0.4) is 0 Å². The molecule has 0 aromatic heterocycles. The van der Waals surface area contributed by atoms with E-state index in [1.54, 1.807) is 11.9 Å². The molecule has 1 aromatic rings. The molecule has 0 heterocycles. The van der Waals surface area contributed by atoms with E-state index < -0.39 is 5.60 Å². The van der Waals surface area contributed by atoms with Crippen LogP contribution in [0.15, 0.2) is 22.7 Å². The van der Waals surface area contributed by atoms with Crippen molar-refractivity contribution in [3.05, 3.63) is 33.8 Å². The molecule has 0 atom stereocenters. The van der Waals surface area contributed by atoms with Crippen LogP contribution < -0.4 is 0 Å². The zero-order chi connectivity index (χ0) is 14.0. The van der Waals surface area contributed by atoms with Crippen molar-refractivity contribution >= 4 is 21.8 Å². The van der Waals surface area contributed by atoms with Gasteiger partial charge in [-0.15, -0.1) is 0 Å². The van der Waals surface area contributed by atoms with Crippen molar-refractivity contribution in [2.45, 2.75) is 38.2 Å². The van der Waals surface area contributed by atoms with Gasteiger partial charge in [-0.05, 0) is 47.3 Å². The Hall–Kier alpha value is -0.870. The Kier molecular flexibility index (Phi) is 4.31. The minimum Gasteiger partial charge on any atom is -0.388 e. The van der Waals surface area contributed by atoms with Gasteiger partial charge in [0.25, 0.3) is 5.91 Å². The van der Waals surface area contributed by atoms with Gasteiger partial charge in [0, 0.05) is 18.1 Å². The third kappa shape index (κ3) is 3.18. The molecular weight excluding hydrogens is 306 g/mol. The van der Waals surface area contributed by atoms with Gasteiger partial charge in [0.15, 0.2) is 0 Å². The Labute approximate surface area is 122 Å². The van der Waals surface area contributed by atoms with E-state index in [4.69, 9.17) is 0 Å². The maximum atomic E-state index is 12.4. The Balaban J connectivity index is 2.12. The number of nitrogens with zero attached hydrogens (tertiary/aromatic N) is 1. The van der Waals surface area contributed by atoms with Gasteiger partial charge in [0.05, 0.1) is 11.2 Å². The van der Waals surface area contributed by atoms with Gasteiger partial charge in [-0.3, -0.25) is 4.79 Å². The fourth-order valence-electron chi connectivity index (χ4n) is 2.72. The van der Waals surface area contributed by atoms with E-state index >= 15 is 0 Å². The molecule has 1 fully saturated rings. The van der Waals surface area contributed by atoms with Crippen LogP contribution in [0.2, 0.25) is 0 Å². The molecule has 1 amide bonds. The lowest BCUT2D eigenvalue weighted by Crippen LogP contribution is -2.42. The summed E-state index contributed by atoms with van der Waals surface area (Å²) in [6.07, 6.45) is 3.68. The second-order valence-electron chi connectivity index (χ2n) is 5.53. The predicted octanol–water partition coefficient (Wildman–Crippen LogP) is 3.13. The highest BCUT2D eigenvalue weighted by molar-refractivity contribution is 9.10. The third-order valence-corrected chi connectivity index (χ3v) is 4.89. The average Bonchev–Trinajstić information content (AvgIpc) is 2.78. The molecule has 1 aliphatic rings. The summed E-state index contributed by atoms with van der Waals surface area (Å²) in [5.74, 6) is -0.0455. The minimum atomic E-state index is -0.694. The van der Waals surface area contributed by atoms with Gasteiger partial charge < -0.3 is 10.0 Å². The monoisotopic (exact) mass is 325 g/mol. The summed E-state index contributed by atoms with van der Waals surface area (Å²) in [6, 6.07) is 5.66. The highest BCUT2D eigenvalue weighted by atomic mass is 79.9. The molecule has 0 radical (unpaired) electrons. The maximum Gasteiger partial charge on any atom is 0.254 e. The van der Waals surface area contributed by atoms with Crippen LogP contribution in [0.5, 0.6) is 0 Å². The molecule has 4 heteroatoms. The van der Waals surface area contributed by atoms with E-state index in [-0.39, 0.29) is 5.91 Å². The summed E-state index contributed by atoms with van der Waals surface area (Å²) in [5.41, 5.74) is 1.00. The number of halogens is 1. The second-order valence-corrected chi connectivity index (χ2v) is 6.32. The summed E-state index contributed by atoms with van der Waals surface area (Å²) in [4.78, 5) is 14.1. The van der Waals surface area contributed by atoms with Crippen LogP contribution in [0, 0.1) is 6.92 Å². The lowest BCUT2D eigenvalue weighted by Gasteiger charge is -2.29. The normalized spacial score (nSPS) is 17.5. The number of amides is 1. The standard InChI is InChI=1S/C15H20BrNO2/c1-11-6-5-7-12(13(11)16)14(18)17(2)10-15(19)8-3-4-9-15/h5-7,19H,3-4,8-10H2,1-2H3. The minimum absolute atomic E-state index is 0.0455. The van der Waals surface area contributed by atoms with Crippen LogP contribution >= 0.6 is 15.9 Å². The number of benzene rings is 1. The number of aryl methyl sites for hydroxylation is 1. The van der Waals surface area contributed by atoms with E-state index in [9.17, 15) is 9.90 Å². The number of hydrogen-bond donors (Lipinski definition) is 1. The number of carbonyl (C=O) groups is 1. The van der Waals surface area contributed by atoms with Crippen molar-refractivity contribution < 1.29 is 9.90 Å². The molecule has 19 heavy (non-hydrogen) atoms. The van der Waals surface area contributed by atoms with Gasteiger partial charge in [-0.25, -0.2) is 0 Å². The topological polar surface area (TPSA) is 40.5 Å². The van der Waals surface area contributed by atoms with Crippen LogP contribution in [-0.2, 0) is 0 Å². The number of aliphatic hydroxyl groups is 1. The quantitative estimate of drug-likeness (QED) is 0.927. The summed E-state index contributed by atoms with van der Waals surface area (Å²) in [6.45, 7) is 2.37. The average molecular weight is 326 g/mol. The molecule has 3 nitrogen and oxygen atoms in total. The van der Waals surface area contributed by atoms with Crippen LogP contribution in [0.4, 0.5) is 0 Å². The lowest BCUT2D eigenvalue weighted by molar-refractivity contribution is 0.0156. The molecule has 0 bridgehead atoms. The number of likely N-dealkylation sites (N-methyl/N-ethyl adjacent to an activating group) is 1. The summed E-state index contributed by atoms with van der Waals surface area (Å²) < 4.78 is 0.838. The van der Waals surface area contributed by atoms with Crippen molar-refractivity contribution in [1.29, 1.82) is 0 Å². The van der Waals surface area contributed by atoms with Gasteiger partial charge in [0.1, 0.15) is 0 Å². The zero-order valence-corrected chi connectivity index (χ0v) is 13.0. The van der Waals surface area contributed by atoms with Crippen LogP contribution in [0.1, 0.15) is 41.6 Å². The maximum absolute atomic E-state index is 12.4. The fourth-order valence-corrected chi connectivity index (χ4v) is 3.16. The first-order valence-corrected chi connectivity index (χ1v) is 7.45. The van der Waals surface area contributed by atoms with Crippen molar-refractivity contribution in [1.82, 2.24) is 4.90 Å². The van der Waals surface area contributed by atoms with Gasteiger partial charge in [-0.1, -0.05) is 25.0 Å². The Morgan fingerprint density at radius 3 is 2.68 bits per heavy atom. The lowest BCUT2D eigenvalue weighted by atomic mass is 10.0. The largest absolute Gasteiger partial charge is 0.388 e. The van der Waals surface area contributed by atoms with Gasteiger partial charge in [-0.2, -0.15) is 0 Å². The van der Waals surface area contributed by atoms with Crippen molar-refractivity contribution in [2.75, 3.05) is 13.6 Å². The van der Waals surface area contributed by atoms with E-state index in [1.807, 2.05) is 25.1 Å². The predicted molar refractivity (Wildman–Crippen MR) is 79.3 cm³/mol.